The molecule has 6 nitrogen and oxygen atoms in total. The molecule has 3 aromatic rings. The summed E-state index contributed by atoms with van der Waals surface area (Å²) in [6.45, 7) is 2.21. The van der Waals surface area contributed by atoms with Crippen molar-refractivity contribution < 1.29 is 19.1 Å². The second-order valence-corrected chi connectivity index (χ2v) is 9.73. The number of hydrogen-bond acceptors (Lipinski definition) is 4. The van der Waals surface area contributed by atoms with Gasteiger partial charge in [0.25, 0.3) is 5.91 Å². The molecule has 2 fully saturated rings. The van der Waals surface area contributed by atoms with Gasteiger partial charge in [-0.05, 0) is 46.5 Å². The van der Waals surface area contributed by atoms with Gasteiger partial charge in [-0.25, -0.2) is 4.90 Å². The van der Waals surface area contributed by atoms with Crippen LogP contribution < -0.4 is 4.90 Å². The topological polar surface area (TPSA) is 66.9 Å². The summed E-state index contributed by atoms with van der Waals surface area (Å²) >= 11 is 0. The molecule has 2 saturated heterocycles. The Hall–Kier alpha value is -3.77. The number of carbonyl (C=O) groups is 3. The van der Waals surface area contributed by atoms with Crippen molar-refractivity contribution in [2.75, 3.05) is 31.2 Å². The van der Waals surface area contributed by atoms with E-state index in [0.29, 0.717) is 37.6 Å². The summed E-state index contributed by atoms with van der Waals surface area (Å²) in [7, 11) is 0. The van der Waals surface area contributed by atoms with Crippen LogP contribution in [0.4, 0.5) is 5.69 Å². The summed E-state index contributed by atoms with van der Waals surface area (Å²) < 4.78 is 5.34. The third-order valence-electron chi connectivity index (χ3n) is 8.12. The van der Waals surface area contributed by atoms with Gasteiger partial charge in [0.1, 0.15) is 0 Å². The number of amides is 3. The van der Waals surface area contributed by atoms with E-state index in [-0.39, 0.29) is 29.6 Å². The Labute approximate surface area is 203 Å². The molecule has 5 aliphatic rings. The number of rotatable bonds is 2. The van der Waals surface area contributed by atoms with Gasteiger partial charge >= 0.3 is 0 Å². The maximum absolute atomic E-state index is 13.8. The minimum absolute atomic E-state index is 0.0588. The van der Waals surface area contributed by atoms with E-state index in [9.17, 15) is 14.4 Å². The predicted octanol–water partition coefficient (Wildman–Crippen LogP) is 3.56. The third kappa shape index (κ3) is 2.83. The lowest BCUT2D eigenvalue weighted by atomic mass is 9.55. The highest BCUT2D eigenvalue weighted by atomic mass is 16.5. The molecule has 2 heterocycles. The lowest BCUT2D eigenvalue weighted by Gasteiger charge is -2.45. The Morgan fingerprint density at radius 2 is 1.14 bits per heavy atom. The molecule has 3 aromatic carbocycles. The van der Waals surface area contributed by atoms with E-state index in [1.165, 1.54) is 4.90 Å². The fraction of sp³-hybridized carbons (Fsp3) is 0.276. The average Bonchev–Trinajstić information content (AvgIpc) is 3.19. The van der Waals surface area contributed by atoms with Crippen LogP contribution in [-0.4, -0.2) is 48.9 Å². The number of carbonyl (C=O) groups excluding carboxylic acids is 3. The first-order valence-electron chi connectivity index (χ1n) is 12.2. The maximum atomic E-state index is 13.8. The molecule has 0 aromatic heterocycles. The zero-order valence-corrected chi connectivity index (χ0v) is 19.1. The van der Waals surface area contributed by atoms with Crippen molar-refractivity contribution in [3.05, 3.63) is 101 Å². The van der Waals surface area contributed by atoms with Gasteiger partial charge in [0.15, 0.2) is 0 Å². The first-order chi connectivity index (χ1) is 17.1. The molecule has 2 bridgehead atoms. The fourth-order valence-electron chi connectivity index (χ4n) is 6.63. The van der Waals surface area contributed by atoms with Gasteiger partial charge in [-0.15, -0.1) is 0 Å². The van der Waals surface area contributed by atoms with Gasteiger partial charge in [-0.2, -0.15) is 0 Å². The lowest BCUT2D eigenvalue weighted by molar-refractivity contribution is -0.122. The molecule has 0 unspecified atom stereocenters. The molecule has 35 heavy (non-hydrogen) atoms. The van der Waals surface area contributed by atoms with Gasteiger partial charge in [-0.3, -0.25) is 14.4 Å². The largest absolute Gasteiger partial charge is 0.378 e. The summed E-state index contributed by atoms with van der Waals surface area (Å²) in [5.74, 6) is -1.42. The van der Waals surface area contributed by atoms with Gasteiger partial charge < -0.3 is 9.64 Å². The molecule has 0 radical (unpaired) electrons. The van der Waals surface area contributed by atoms with Crippen LogP contribution in [0.2, 0.25) is 0 Å². The smallest absolute Gasteiger partial charge is 0.254 e. The Balaban J connectivity index is 1.25. The average molecular weight is 465 g/mol. The van der Waals surface area contributed by atoms with Crippen LogP contribution in [-0.2, 0) is 14.3 Å². The molecule has 3 amide bonds. The van der Waals surface area contributed by atoms with Crippen LogP contribution in [0.5, 0.6) is 0 Å². The van der Waals surface area contributed by atoms with Crippen LogP contribution in [0.1, 0.15) is 44.4 Å². The molecule has 2 aliphatic heterocycles. The lowest BCUT2D eigenvalue weighted by Crippen LogP contribution is -2.41. The highest BCUT2D eigenvalue weighted by Gasteiger charge is 2.61. The van der Waals surface area contributed by atoms with E-state index in [1.807, 2.05) is 24.3 Å². The van der Waals surface area contributed by atoms with Crippen LogP contribution in [0, 0.1) is 11.8 Å². The van der Waals surface area contributed by atoms with Gasteiger partial charge in [0.05, 0.1) is 30.7 Å². The quantitative estimate of drug-likeness (QED) is 0.544. The van der Waals surface area contributed by atoms with Crippen molar-refractivity contribution in [1.29, 1.82) is 0 Å². The number of morpholine rings is 1. The summed E-state index contributed by atoms with van der Waals surface area (Å²) in [5, 5.41) is 0. The monoisotopic (exact) mass is 464 g/mol. The molecule has 6 heteroatoms. The summed E-state index contributed by atoms with van der Waals surface area (Å²) in [4.78, 5) is 43.6. The molecule has 2 atom stereocenters. The minimum Gasteiger partial charge on any atom is -0.378 e. The standard InChI is InChI=1S/C29H24N2O4/c32-27(30-13-15-35-16-14-30)17-9-11-18(12-10-17)31-28(33)25-23-19-5-1-2-6-20(19)24(26(25)29(31)34)22-8-4-3-7-21(22)23/h1-12,23-26H,13-16H2/t23?,24?,25-,26-/m0/s1. The molecule has 3 aliphatic carbocycles. The highest BCUT2D eigenvalue weighted by Crippen LogP contribution is 2.61. The van der Waals surface area contributed by atoms with Crippen molar-refractivity contribution in [3.63, 3.8) is 0 Å². The molecular weight excluding hydrogens is 440 g/mol. The summed E-state index contributed by atoms with van der Waals surface area (Å²) in [6.07, 6.45) is 0. The van der Waals surface area contributed by atoms with E-state index in [0.717, 1.165) is 22.3 Å². The number of hydrogen-bond donors (Lipinski definition) is 0. The zero-order chi connectivity index (χ0) is 23.7. The van der Waals surface area contributed by atoms with Crippen molar-refractivity contribution in [2.24, 2.45) is 11.8 Å². The van der Waals surface area contributed by atoms with Gasteiger partial charge in [0, 0.05) is 30.5 Å². The van der Waals surface area contributed by atoms with Crippen molar-refractivity contribution in [3.8, 4) is 0 Å². The maximum Gasteiger partial charge on any atom is 0.254 e. The Kier molecular flexibility index (Phi) is 4.48. The predicted molar refractivity (Wildman–Crippen MR) is 129 cm³/mol. The molecule has 0 saturated carbocycles. The second-order valence-electron chi connectivity index (χ2n) is 9.73. The normalized spacial score (nSPS) is 26.4. The Morgan fingerprint density at radius 3 is 1.60 bits per heavy atom. The number of anilines is 1. The van der Waals surface area contributed by atoms with E-state index >= 15 is 0 Å². The van der Waals surface area contributed by atoms with Gasteiger partial charge in [0.2, 0.25) is 11.8 Å². The Bertz CT molecular complexity index is 1260. The molecular formula is C29H24N2O4. The molecule has 0 N–H and O–H groups in total. The van der Waals surface area contributed by atoms with Crippen LogP contribution >= 0.6 is 0 Å². The van der Waals surface area contributed by atoms with Crippen LogP contribution in [0.3, 0.4) is 0 Å². The summed E-state index contributed by atoms with van der Waals surface area (Å²) in [6, 6.07) is 23.4. The molecule has 8 rings (SSSR count). The van der Waals surface area contributed by atoms with E-state index in [2.05, 4.69) is 24.3 Å². The van der Waals surface area contributed by atoms with Crippen LogP contribution in [0.15, 0.2) is 72.8 Å². The molecule has 0 spiro atoms. The fourth-order valence-corrected chi connectivity index (χ4v) is 6.63. The number of imide groups is 1. The first kappa shape index (κ1) is 20.6. The van der Waals surface area contributed by atoms with Crippen molar-refractivity contribution in [1.82, 2.24) is 4.90 Å². The van der Waals surface area contributed by atoms with Gasteiger partial charge in [-0.1, -0.05) is 48.5 Å². The second kappa shape index (κ2) is 7.62. The van der Waals surface area contributed by atoms with Crippen molar-refractivity contribution in [2.45, 2.75) is 11.8 Å². The van der Waals surface area contributed by atoms with E-state index < -0.39 is 11.8 Å². The first-order valence-corrected chi connectivity index (χ1v) is 12.2. The number of ether oxygens (including phenoxy) is 1. The van der Waals surface area contributed by atoms with E-state index in [1.54, 1.807) is 29.2 Å². The Morgan fingerprint density at radius 1 is 0.686 bits per heavy atom. The molecule has 174 valence electrons. The summed E-state index contributed by atoms with van der Waals surface area (Å²) in [5.41, 5.74) is 5.71. The number of benzene rings is 3. The third-order valence-corrected chi connectivity index (χ3v) is 8.12. The van der Waals surface area contributed by atoms with Crippen LogP contribution in [0.25, 0.3) is 0 Å². The highest BCUT2D eigenvalue weighted by molar-refractivity contribution is 6.23. The SMILES string of the molecule is O=C(c1ccc(N2C(=O)[C@H]3C4c5ccccc5C(c5ccccc54)[C@@H]3C2=O)cc1)N1CCOCC1. The van der Waals surface area contributed by atoms with Crippen molar-refractivity contribution >= 4 is 23.4 Å². The zero-order valence-electron chi connectivity index (χ0n) is 19.1. The van der Waals surface area contributed by atoms with E-state index in [4.69, 9.17) is 4.74 Å². The minimum atomic E-state index is -0.410. The number of nitrogens with zero attached hydrogens (tertiary/aromatic N) is 2.